The van der Waals surface area contributed by atoms with E-state index in [1.54, 1.807) is 6.26 Å². The molecule has 12 heavy (non-hydrogen) atoms. The molecule has 0 bridgehead atoms. The smallest absolute Gasteiger partial charge is 0.0977 e. The molecule has 0 fully saturated rings. The van der Waals surface area contributed by atoms with Crippen LogP contribution >= 0.6 is 0 Å². The molecule has 2 rings (SSSR count). The molecule has 2 nitrogen and oxygen atoms in total. The second-order valence-electron chi connectivity index (χ2n) is 2.94. The van der Waals surface area contributed by atoms with Gasteiger partial charge in [-0.3, -0.25) is 0 Å². The lowest BCUT2D eigenvalue weighted by Crippen LogP contribution is -1.97. The van der Waals surface area contributed by atoms with Gasteiger partial charge in [-0.05, 0) is 23.8 Å². The van der Waals surface area contributed by atoms with E-state index in [4.69, 9.17) is 10.5 Å². The molecular formula is C10H11NO. The van der Waals surface area contributed by atoms with Crippen molar-refractivity contribution in [2.75, 3.05) is 12.3 Å². The summed E-state index contributed by atoms with van der Waals surface area (Å²) in [6, 6.07) is 7.92. The Kier molecular flexibility index (Phi) is 1.74. The summed E-state index contributed by atoms with van der Waals surface area (Å²) in [5.41, 5.74) is 7.65. The third kappa shape index (κ3) is 1.28. The Balaban J connectivity index is 2.23. The lowest BCUT2D eigenvalue weighted by atomic mass is 10.0. The number of nitrogen functional groups attached to an aromatic ring is 1. The monoisotopic (exact) mass is 161 g/mol. The van der Waals surface area contributed by atoms with E-state index in [1.807, 2.05) is 24.3 Å². The molecule has 1 heterocycles. The molecule has 1 aromatic carbocycles. The van der Waals surface area contributed by atoms with Gasteiger partial charge < -0.3 is 10.5 Å². The summed E-state index contributed by atoms with van der Waals surface area (Å²) >= 11 is 0. The van der Waals surface area contributed by atoms with Crippen LogP contribution in [0.4, 0.5) is 5.69 Å². The molecule has 2 heteroatoms. The number of anilines is 1. The highest BCUT2D eigenvalue weighted by Gasteiger charge is 2.11. The lowest BCUT2D eigenvalue weighted by molar-refractivity contribution is 0.269. The third-order valence-corrected chi connectivity index (χ3v) is 2.05. The molecule has 1 unspecified atom stereocenters. The van der Waals surface area contributed by atoms with Gasteiger partial charge in [-0.25, -0.2) is 0 Å². The fourth-order valence-corrected chi connectivity index (χ4v) is 1.32. The van der Waals surface area contributed by atoms with E-state index in [-0.39, 0.29) is 0 Å². The molecule has 0 spiro atoms. The number of rotatable bonds is 1. The van der Waals surface area contributed by atoms with E-state index < -0.39 is 0 Å². The maximum atomic E-state index is 5.58. The van der Waals surface area contributed by atoms with Crippen LogP contribution in [0.5, 0.6) is 0 Å². The van der Waals surface area contributed by atoms with Gasteiger partial charge in [-0.2, -0.15) is 0 Å². The Bertz CT molecular complexity index is 289. The van der Waals surface area contributed by atoms with Crippen molar-refractivity contribution >= 4 is 5.69 Å². The molecule has 0 saturated carbocycles. The number of hydrogen-bond acceptors (Lipinski definition) is 2. The minimum Gasteiger partial charge on any atom is -0.501 e. The van der Waals surface area contributed by atoms with Crippen molar-refractivity contribution < 1.29 is 4.74 Å². The van der Waals surface area contributed by atoms with Crippen LogP contribution in [0.1, 0.15) is 11.5 Å². The van der Waals surface area contributed by atoms with Gasteiger partial charge in [0.2, 0.25) is 0 Å². The number of benzene rings is 1. The van der Waals surface area contributed by atoms with Crippen molar-refractivity contribution in [2.45, 2.75) is 5.92 Å². The summed E-state index contributed by atoms with van der Waals surface area (Å²) in [6.45, 7) is 0.754. The molecule has 0 saturated heterocycles. The first-order valence-corrected chi connectivity index (χ1v) is 4.00. The van der Waals surface area contributed by atoms with Gasteiger partial charge in [0, 0.05) is 11.6 Å². The molecule has 1 aliphatic heterocycles. The first kappa shape index (κ1) is 7.22. The molecular weight excluding hydrogens is 150 g/mol. The lowest BCUT2D eigenvalue weighted by Gasteiger charge is -2.06. The van der Waals surface area contributed by atoms with E-state index in [1.165, 1.54) is 5.56 Å². The van der Waals surface area contributed by atoms with Gasteiger partial charge in [0.1, 0.15) is 0 Å². The van der Waals surface area contributed by atoms with Gasteiger partial charge in [0.15, 0.2) is 0 Å². The standard InChI is InChI=1S/C10H11NO/c11-10-3-1-8(2-4-10)9-5-6-12-7-9/h1-6,9H,7,11H2. The maximum Gasteiger partial charge on any atom is 0.0977 e. The molecule has 1 aliphatic rings. The SMILES string of the molecule is Nc1ccc(C2C=COC2)cc1. The summed E-state index contributed by atoms with van der Waals surface area (Å²) in [5, 5.41) is 0. The molecule has 0 amide bonds. The average Bonchev–Trinajstić information content (AvgIpc) is 2.58. The zero-order chi connectivity index (χ0) is 8.39. The number of nitrogens with two attached hydrogens (primary N) is 1. The first-order valence-electron chi connectivity index (χ1n) is 4.00. The molecule has 0 aromatic heterocycles. The molecule has 0 radical (unpaired) electrons. The molecule has 62 valence electrons. The predicted molar refractivity (Wildman–Crippen MR) is 48.7 cm³/mol. The number of hydrogen-bond donors (Lipinski definition) is 1. The van der Waals surface area contributed by atoms with Crippen molar-refractivity contribution in [3.8, 4) is 0 Å². The van der Waals surface area contributed by atoms with Crippen LogP contribution in [0, 0.1) is 0 Å². The topological polar surface area (TPSA) is 35.2 Å². The average molecular weight is 161 g/mol. The summed E-state index contributed by atoms with van der Waals surface area (Å²) in [5.74, 6) is 0.408. The zero-order valence-electron chi connectivity index (χ0n) is 6.73. The highest BCUT2D eigenvalue weighted by atomic mass is 16.5. The molecule has 0 aliphatic carbocycles. The largest absolute Gasteiger partial charge is 0.501 e. The minimum absolute atomic E-state index is 0.408. The quantitative estimate of drug-likeness (QED) is 0.638. The van der Waals surface area contributed by atoms with Crippen LogP contribution in [0.3, 0.4) is 0 Å². The third-order valence-electron chi connectivity index (χ3n) is 2.05. The molecule has 2 N–H and O–H groups in total. The van der Waals surface area contributed by atoms with Crippen molar-refractivity contribution in [1.29, 1.82) is 0 Å². The van der Waals surface area contributed by atoms with Crippen LogP contribution in [-0.2, 0) is 4.74 Å². The number of ether oxygens (including phenoxy) is 1. The van der Waals surface area contributed by atoms with Gasteiger partial charge >= 0.3 is 0 Å². The molecule has 1 atom stereocenters. The summed E-state index contributed by atoms with van der Waals surface area (Å²) in [6.07, 6.45) is 3.81. The maximum absolute atomic E-state index is 5.58. The van der Waals surface area contributed by atoms with E-state index >= 15 is 0 Å². The van der Waals surface area contributed by atoms with Gasteiger partial charge in [-0.1, -0.05) is 12.1 Å². The Morgan fingerprint density at radius 1 is 1.25 bits per heavy atom. The summed E-state index contributed by atoms with van der Waals surface area (Å²) < 4.78 is 5.13. The predicted octanol–water partition coefficient (Wildman–Crippen LogP) is 1.90. The summed E-state index contributed by atoms with van der Waals surface area (Å²) in [7, 11) is 0. The van der Waals surface area contributed by atoms with Crippen LogP contribution in [0.15, 0.2) is 36.6 Å². The van der Waals surface area contributed by atoms with E-state index in [0.29, 0.717) is 5.92 Å². The first-order chi connectivity index (χ1) is 5.86. The van der Waals surface area contributed by atoms with Gasteiger partial charge in [0.05, 0.1) is 12.9 Å². The van der Waals surface area contributed by atoms with E-state index in [9.17, 15) is 0 Å². The Morgan fingerprint density at radius 3 is 2.58 bits per heavy atom. The second kappa shape index (κ2) is 2.89. The fraction of sp³-hybridized carbons (Fsp3) is 0.200. The van der Waals surface area contributed by atoms with Gasteiger partial charge in [0.25, 0.3) is 0 Å². The highest BCUT2D eigenvalue weighted by Crippen LogP contribution is 2.22. The van der Waals surface area contributed by atoms with Crippen LogP contribution in [0.25, 0.3) is 0 Å². The Morgan fingerprint density at radius 2 is 2.00 bits per heavy atom. The van der Waals surface area contributed by atoms with Crippen molar-refractivity contribution in [3.05, 3.63) is 42.2 Å². The Labute approximate surface area is 71.6 Å². The van der Waals surface area contributed by atoms with Gasteiger partial charge in [-0.15, -0.1) is 0 Å². The fourth-order valence-electron chi connectivity index (χ4n) is 1.32. The second-order valence-corrected chi connectivity index (χ2v) is 2.94. The van der Waals surface area contributed by atoms with Crippen LogP contribution in [-0.4, -0.2) is 6.61 Å². The normalized spacial score (nSPS) is 20.8. The minimum atomic E-state index is 0.408. The zero-order valence-corrected chi connectivity index (χ0v) is 6.73. The van der Waals surface area contributed by atoms with Crippen LogP contribution < -0.4 is 5.73 Å². The molecule has 1 aromatic rings. The van der Waals surface area contributed by atoms with Crippen molar-refractivity contribution in [2.24, 2.45) is 0 Å². The van der Waals surface area contributed by atoms with Crippen molar-refractivity contribution in [3.63, 3.8) is 0 Å². The Hall–Kier alpha value is -1.44. The van der Waals surface area contributed by atoms with Crippen molar-refractivity contribution in [1.82, 2.24) is 0 Å². The van der Waals surface area contributed by atoms with E-state index in [2.05, 4.69) is 6.08 Å². The highest BCUT2D eigenvalue weighted by molar-refractivity contribution is 5.41. The van der Waals surface area contributed by atoms with Crippen LogP contribution in [0.2, 0.25) is 0 Å². The van der Waals surface area contributed by atoms with E-state index in [0.717, 1.165) is 12.3 Å². The summed E-state index contributed by atoms with van der Waals surface area (Å²) in [4.78, 5) is 0.